The van der Waals surface area contributed by atoms with Gasteiger partial charge in [0.2, 0.25) is 5.91 Å². The van der Waals surface area contributed by atoms with Gasteiger partial charge < -0.3 is 11.1 Å². The van der Waals surface area contributed by atoms with Crippen molar-refractivity contribution in [3.8, 4) is 0 Å². The number of nitrogens with two attached hydrogens (primary N) is 1. The third-order valence-electron chi connectivity index (χ3n) is 4.19. The number of nitrogens with zero attached hydrogens (tertiary/aromatic N) is 2. The minimum atomic E-state index is -0.532. The molecule has 5 nitrogen and oxygen atoms in total. The Morgan fingerprint density at radius 3 is 2.42 bits per heavy atom. The van der Waals surface area contributed by atoms with Crippen LogP contribution in [0, 0.1) is 13.8 Å². The number of rotatable bonds is 6. The smallest absolute Gasteiger partial charge is 0.237 e. The predicted octanol–water partition coefficient (Wildman–Crippen LogP) is 2.08. The van der Waals surface area contributed by atoms with Crippen LogP contribution >= 0.6 is 12.4 Å². The van der Waals surface area contributed by atoms with E-state index in [1.165, 1.54) is 5.56 Å². The molecule has 1 unspecified atom stereocenters. The van der Waals surface area contributed by atoms with Gasteiger partial charge in [0.1, 0.15) is 0 Å². The summed E-state index contributed by atoms with van der Waals surface area (Å²) in [5.74, 6) is -0.111. The highest BCUT2D eigenvalue weighted by atomic mass is 35.5. The fourth-order valence-electron chi connectivity index (χ4n) is 2.78. The number of benzene rings is 1. The molecule has 0 fully saturated rings. The van der Waals surface area contributed by atoms with E-state index >= 15 is 0 Å². The Kier molecular flexibility index (Phi) is 7.45. The Morgan fingerprint density at radius 2 is 1.88 bits per heavy atom. The number of halogens is 1. The summed E-state index contributed by atoms with van der Waals surface area (Å²) in [4.78, 5) is 12.3. The summed E-state index contributed by atoms with van der Waals surface area (Å²) in [5, 5.41) is 7.42. The van der Waals surface area contributed by atoms with Crippen molar-refractivity contribution in [2.75, 3.05) is 0 Å². The summed E-state index contributed by atoms with van der Waals surface area (Å²) in [6.45, 7) is 6.04. The SMILES string of the molecule is Cc1nn(C)c(C)c1CC(C)NC(=O)[C@@H](N)Cc1ccccc1.Cl. The fourth-order valence-corrected chi connectivity index (χ4v) is 2.78. The molecule has 132 valence electrons. The Bertz CT molecular complexity index is 669. The molecule has 0 spiro atoms. The van der Waals surface area contributed by atoms with Gasteiger partial charge in [-0.3, -0.25) is 9.48 Å². The van der Waals surface area contributed by atoms with E-state index in [0.29, 0.717) is 6.42 Å². The summed E-state index contributed by atoms with van der Waals surface area (Å²) in [6, 6.07) is 9.32. The molecule has 3 N–H and O–H groups in total. The number of amides is 1. The van der Waals surface area contributed by atoms with Crippen molar-refractivity contribution in [3.63, 3.8) is 0 Å². The van der Waals surface area contributed by atoms with Gasteiger partial charge in [0, 0.05) is 18.8 Å². The molecule has 0 aliphatic rings. The molecule has 0 saturated heterocycles. The van der Waals surface area contributed by atoms with Gasteiger partial charge in [0.25, 0.3) is 0 Å². The lowest BCUT2D eigenvalue weighted by Gasteiger charge is -2.18. The average molecular weight is 351 g/mol. The first kappa shape index (κ1) is 20.2. The first-order valence-corrected chi connectivity index (χ1v) is 7.97. The van der Waals surface area contributed by atoms with E-state index in [-0.39, 0.29) is 24.4 Å². The minimum Gasteiger partial charge on any atom is -0.352 e. The number of hydrogen-bond donors (Lipinski definition) is 2. The summed E-state index contributed by atoms with van der Waals surface area (Å²) < 4.78 is 1.88. The minimum absolute atomic E-state index is 0. The van der Waals surface area contributed by atoms with Crippen LogP contribution in [0.5, 0.6) is 0 Å². The highest BCUT2D eigenvalue weighted by Crippen LogP contribution is 2.14. The zero-order chi connectivity index (χ0) is 17.0. The number of nitrogens with one attached hydrogen (secondary N) is 1. The molecular weight excluding hydrogens is 324 g/mol. The van der Waals surface area contributed by atoms with Gasteiger partial charge in [-0.15, -0.1) is 12.4 Å². The number of hydrogen-bond acceptors (Lipinski definition) is 3. The molecule has 0 aliphatic heterocycles. The molecule has 0 saturated carbocycles. The summed E-state index contributed by atoms with van der Waals surface area (Å²) >= 11 is 0. The normalized spacial score (nSPS) is 13.0. The molecule has 0 radical (unpaired) electrons. The second kappa shape index (κ2) is 8.85. The quantitative estimate of drug-likeness (QED) is 0.837. The molecule has 0 bridgehead atoms. The van der Waals surface area contributed by atoms with Crippen LogP contribution in [0.25, 0.3) is 0 Å². The molecule has 1 amide bonds. The summed E-state index contributed by atoms with van der Waals surface area (Å²) in [7, 11) is 1.94. The van der Waals surface area contributed by atoms with Crippen molar-refractivity contribution in [1.82, 2.24) is 15.1 Å². The third kappa shape index (κ3) is 5.08. The lowest BCUT2D eigenvalue weighted by atomic mass is 10.0. The zero-order valence-corrected chi connectivity index (χ0v) is 15.6. The van der Waals surface area contributed by atoms with E-state index in [1.54, 1.807) is 0 Å². The maximum atomic E-state index is 12.3. The van der Waals surface area contributed by atoms with Crippen LogP contribution in [0.1, 0.15) is 29.4 Å². The Morgan fingerprint density at radius 1 is 1.25 bits per heavy atom. The van der Waals surface area contributed by atoms with E-state index < -0.39 is 6.04 Å². The zero-order valence-electron chi connectivity index (χ0n) is 14.7. The molecule has 1 heterocycles. The van der Waals surface area contributed by atoms with E-state index in [1.807, 2.05) is 62.8 Å². The van der Waals surface area contributed by atoms with Crippen LogP contribution in [-0.4, -0.2) is 27.8 Å². The van der Waals surface area contributed by atoms with Gasteiger partial charge in [-0.1, -0.05) is 30.3 Å². The summed E-state index contributed by atoms with van der Waals surface area (Å²) in [5.41, 5.74) is 10.4. The number of carbonyl (C=O) groups excluding carboxylic acids is 1. The van der Waals surface area contributed by atoms with E-state index in [9.17, 15) is 4.79 Å². The molecule has 24 heavy (non-hydrogen) atoms. The van der Waals surface area contributed by atoms with Crippen LogP contribution < -0.4 is 11.1 Å². The highest BCUT2D eigenvalue weighted by molar-refractivity contribution is 5.85. The van der Waals surface area contributed by atoms with Crippen molar-refractivity contribution in [2.24, 2.45) is 12.8 Å². The Balaban J connectivity index is 0.00000288. The Labute approximate surface area is 150 Å². The van der Waals surface area contributed by atoms with Gasteiger partial charge in [-0.2, -0.15) is 5.10 Å². The molecule has 0 aliphatic carbocycles. The first-order chi connectivity index (χ1) is 10.9. The number of aryl methyl sites for hydroxylation is 2. The first-order valence-electron chi connectivity index (χ1n) is 7.97. The highest BCUT2D eigenvalue weighted by Gasteiger charge is 2.18. The average Bonchev–Trinajstić information content (AvgIpc) is 2.74. The second-order valence-electron chi connectivity index (χ2n) is 6.18. The maximum Gasteiger partial charge on any atom is 0.237 e. The van der Waals surface area contributed by atoms with Gasteiger partial charge >= 0.3 is 0 Å². The second-order valence-corrected chi connectivity index (χ2v) is 6.18. The van der Waals surface area contributed by atoms with Gasteiger partial charge in [-0.05, 0) is 44.7 Å². The van der Waals surface area contributed by atoms with E-state index in [0.717, 1.165) is 23.4 Å². The monoisotopic (exact) mass is 350 g/mol. The molecule has 1 aromatic carbocycles. The molecular formula is C18H27ClN4O. The lowest BCUT2D eigenvalue weighted by Crippen LogP contribution is -2.46. The van der Waals surface area contributed by atoms with Crippen molar-refractivity contribution in [3.05, 3.63) is 52.8 Å². The van der Waals surface area contributed by atoms with Crippen LogP contribution in [0.4, 0.5) is 0 Å². The standard InChI is InChI=1S/C18H26N4O.ClH/c1-12(10-16-13(2)21-22(4)14(16)3)20-18(23)17(19)11-15-8-6-5-7-9-15;/h5-9,12,17H,10-11,19H2,1-4H3,(H,20,23);1H/t12?,17-;/m0./s1. The van der Waals surface area contributed by atoms with Crippen LogP contribution in [0.2, 0.25) is 0 Å². The molecule has 6 heteroatoms. The fraction of sp³-hybridized carbons (Fsp3) is 0.444. The van der Waals surface area contributed by atoms with Crippen LogP contribution in [-0.2, 0) is 24.7 Å². The lowest BCUT2D eigenvalue weighted by molar-refractivity contribution is -0.122. The topological polar surface area (TPSA) is 72.9 Å². The molecule has 2 atom stereocenters. The third-order valence-corrected chi connectivity index (χ3v) is 4.19. The van der Waals surface area contributed by atoms with E-state index in [4.69, 9.17) is 5.73 Å². The van der Waals surface area contributed by atoms with Crippen molar-refractivity contribution in [2.45, 2.75) is 45.7 Å². The van der Waals surface area contributed by atoms with E-state index in [2.05, 4.69) is 10.4 Å². The molecule has 2 aromatic rings. The van der Waals surface area contributed by atoms with Crippen LogP contribution in [0.3, 0.4) is 0 Å². The summed E-state index contributed by atoms with van der Waals surface area (Å²) in [6.07, 6.45) is 1.31. The van der Waals surface area contributed by atoms with Crippen molar-refractivity contribution >= 4 is 18.3 Å². The number of carbonyl (C=O) groups is 1. The molecule has 2 rings (SSSR count). The molecule has 1 aromatic heterocycles. The Hall–Kier alpha value is -1.85. The van der Waals surface area contributed by atoms with Crippen LogP contribution in [0.15, 0.2) is 30.3 Å². The predicted molar refractivity (Wildman–Crippen MR) is 99.4 cm³/mol. The van der Waals surface area contributed by atoms with Gasteiger partial charge in [-0.25, -0.2) is 0 Å². The van der Waals surface area contributed by atoms with Gasteiger partial charge in [0.15, 0.2) is 0 Å². The maximum absolute atomic E-state index is 12.3. The van der Waals surface area contributed by atoms with Crippen molar-refractivity contribution < 1.29 is 4.79 Å². The van der Waals surface area contributed by atoms with Crippen molar-refractivity contribution in [1.29, 1.82) is 0 Å². The van der Waals surface area contributed by atoms with Gasteiger partial charge in [0.05, 0.1) is 11.7 Å². The largest absolute Gasteiger partial charge is 0.352 e. The number of aromatic nitrogens is 2.